The van der Waals surface area contributed by atoms with E-state index < -0.39 is 0 Å². The first-order chi connectivity index (χ1) is 10.3. The number of fused-ring (bicyclic) bond motifs is 1. The van der Waals surface area contributed by atoms with Gasteiger partial charge in [0.1, 0.15) is 6.54 Å². The van der Waals surface area contributed by atoms with Crippen molar-refractivity contribution in [2.24, 2.45) is 0 Å². The predicted octanol–water partition coefficient (Wildman–Crippen LogP) is 0.922. The third-order valence-corrected chi connectivity index (χ3v) is 5.24. The number of benzene rings is 2. The number of quaternary nitrogens is 2. The molecule has 1 unspecified atom stereocenters. The third kappa shape index (κ3) is 3.28. The van der Waals surface area contributed by atoms with E-state index in [0.717, 1.165) is 12.6 Å². The van der Waals surface area contributed by atoms with E-state index in [-0.39, 0.29) is 0 Å². The zero-order valence-electron chi connectivity index (χ0n) is 13.4. The van der Waals surface area contributed by atoms with Crippen molar-refractivity contribution in [2.45, 2.75) is 32.4 Å². The van der Waals surface area contributed by atoms with E-state index in [1.54, 1.807) is 9.80 Å². The van der Waals surface area contributed by atoms with E-state index in [2.05, 4.69) is 56.4 Å². The van der Waals surface area contributed by atoms with E-state index >= 15 is 0 Å². The third-order valence-electron chi connectivity index (χ3n) is 5.24. The van der Waals surface area contributed by atoms with Gasteiger partial charge in [0.05, 0.1) is 32.7 Å². The van der Waals surface area contributed by atoms with Crippen molar-refractivity contribution >= 4 is 10.8 Å². The molecule has 2 nitrogen and oxygen atoms in total. The number of piperidine rings is 1. The van der Waals surface area contributed by atoms with Crippen LogP contribution >= 0.6 is 0 Å². The molecule has 2 aromatic carbocycles. The van der Waals surface area contributed by atoms with Gasteiger partial charge in [-0.15, -0.1) is 0 Å². The van der Waals surface area contributed by atoms with Gasteiger partial charge in [0.2, 0.25) is 0 Å². The van der Waals surface area contributed by atoms with Gasteiger partial charge in [-0.25, -0.2) is 0 Å². The Morgan fingerprint density at radius 2 is 1.76 bits per heavy atom. The molecule has 1 heterocycles. The maximum Gasteiger partial charge on any atom is 0.103 e. The average molecular weight is 284 g/mol. The van der Waals surface area contributed by atoms with Crippen molar-refractivity contribution in [2.75, 3.05) is 26.7 Å². The van der Waals surface area contributed by atoms with Gasteiger partial charge < -0.3 is 9.80 Å². The largest absolute Gasteiger partial charge is 0.335 e. The van der Waals surface area contributed by atoms with Gasteiger partial charge in [-0.05, 0) is 17.7 Å². The van der Waals surface area contributed by atoms with Gasteiger partial charge in [0.15, 0.2) is 0 Å². The summed E-state index contributed by atoms with van der Waals surface area (Å²) in [6.07, 6.45) is 2.75. The molecule has 2 aromatic rings. The molecule has 0 spiro atoms. The van der Waals surface area contributed by atoms with Gasteiger partial charge in [0.25, 0.3) is 0 Å². The Hall–Kier alpha value is -1.38. The number of nitrogens with one attached hydrogen (secondary N) is 2. The molecule has 1 fully saturated rings. The molecule has 1 saturated heterocycles. The number of hydrogen-bond donors (Lipinski definition) is 2. The summed E-state index contributed by atoms with van der Waals surface area (Å²) >= 11 is 0. The molecular formula is C19H28N2+2. The summed E-state index contributed by atoms with van der Waals surface area (Å²) in [5, 5.41) is 2.80. The van der Waals surface area contributed by atoms with Gasteiger partial charge >= 0.3 is 0 Å². The minimum absolute atomic E-state index is 0.833. The van der Waals surface area contributed by atoms with E-state index in [4.69, 9.17) is 0 Å². The van der Waals surface area contributed by atoms with Crippen molar-refractivity contribution in [1.29, 1.82) is 0 Å². The molecule has 1 atom stereocenters. The summed E-state index contributed by atoms with van der Waals surface area (Å²) < 4.78 is 0. The SMILES string of the molecule is CC[NH+]1CCC([NH+](C)Cc2cccc3ccccc23)CC1. The quantitative estimate of drug-likeness (QED) is 0.826. The Balaban J connectivity index is 1.70. The van der Waals surface area contributed by atoms with E-state index in [1.807, 2.05) is 0 Å². The molecule has 2 heteroatoms. The van der Waals surface area contributed by atoms with Crippen molar-refractivity contribution in [3.8, 4) is 0 Å². The summed E-state index contributed by atoms with van der Waals surface area (Å²) in [5.74, 6) is 0. The summed E-state index contributed by atoms with van der Waals surface area (Å²) in [6, 6.07) is 16.3. The van der Waals surface area contributed by atoms with Crippen LogP contribution in [0.2, 0.25) is 0 Å². The standard InChI is InChI=1S/C19H26N2/c1-3-21-13-11-18(12-14-21)20(2)15-17-9-6-8-16-7-4-5-10-19(16)17/h4-10,18H,3,11-15H2,1-2H3/p+2. The second-order valence-electron chi connectivity index (χ2n) is 6.54. The molecule has 3 rings (SSSR count). The zero-order valence-corrected chi connectivity index (χ0v) is 13.4. The lowest BCUT2D eigenvalue weighted by atomic mass is 10.0. The molecule has 1 aliphatic rings. The fourth-order valence-corrected chi connectivity index (χ4v) is 3.76. The fraction of sp³-hybridized carbons (Fsp3) is 0.474. The fourth-order valence-electron chi connectivity index (χ4n) is 3.76. The van der Waals surface area contributed by atoms with Crippen molar-refractivity contribution in [3.05, 3.63) is 48.0 Å². The van der Waals surface area contributed by atoms with Gasteiger partial charge in [-0.3, -0.25) is 0 Å². The van der Waals surface area contributed by atoms with Crippen LogP contribution in [0.15, 0.2) is 42.5 Å². The van der Waals surface area contributed by atoms with Crippen LogP contribution in [0.25, 0.3) is 10.8 Å². The highest BCUT2D eigenvalue weighted by Crippen LogP contribution is 2.17. The van der Waals surface area contributed by atoms with Crippen molar-refractivity contribution < 1.29 is 9.80 Å². The van der Waals surface area contributed by atoms with Crippen molar-refractivity contribution in [1.82, 2.24) is 0 Å². The molecule has 0 aromatic heterocycles. The van der Waals surface area contributed by atoms with Crippen LogP contribution in [0.5, 0.6) is 0 Å². The molecule has 0 amide bonds. The average Bonchev–Trinajstić information content (AvgIpc) is 2.55. The monoisotopic (exact) mass is 284 g/mol. The molecule has 0 aliphatic carbocycles. The van der Waals surface area contributed by atoms with Crippen LogP contribution in [0.3, 0.4) is 0 Å². The molecule has 0 bridgehead atoms. The Kier molecular flexibility index (Phi) is 4.57. The maximum atomic E-state index is 2.38. The first-order valence-electron chi connectivity index (χ1n) is 8.40. The summed E-state index contributed by atoms with van der Waals surface area (Å²) in [7, 11) is 2.38. The van der Waals surface area contributed by atoms with Crippen LogP contribution < -0.4 is 9.80 Å². The van der Waals surface area contributed by atoms with Gasteiger partial charge in [0, 0.05) is 18.4 Å². The highest BCUT2D eigenvalue weighted by molar-refractivity contribution is 5.85. The lowest BCUT2D eigenvalue weighted by Crippen LogP contribution is -3.18. The second-order valence-corrected chi connectivity index (χ2v) is 6.54. The van der Waals surface area contributed by atoms with Crippen LogP contribution in [0.4, 0.5) is 0 Å². The topological polar surface area (TPSA) is 8.88 Å². The van der Waals surface area contributed by atoms with E-state index in [9.17, 15) is 0 Å². The molecule has 2 N–H and O–H groups in total. The number of likely N-dealkylation sites (tertiary alicyclic amines) is 1. The van der Waals surface area contributed by atoms with E-state index in [0.29, 0.717) is 0 Å². The smallest absolute Gasteiger partial charge is 0.103 e. The number of rotatable bonds is 4. The highest BCUT2D eigenvalue weighted by atomic mass is 15.2. The van der Waals surface area contributed by atoms with Crippen LogP contribution in [0, 0.1) is 0 Å². The molecule has 21 heavy (non-hydrogen) atoms. The minimum atomic E-state index is 0.833. The summed E-state index contributed by atoms with van der Waals surface area (Å²) in [6.45, 7) is 7.45. The van der Waals surface area contributed by atoms with Crippen molar-refractivity contribution in [3.63, 3.8) is 0 Å². The molecule has 112 valence electrons. The van der Waals surface area contributed by atoms with Crippen LogP contribution in [-0.2, 0) is 6.54 Å². The highest BCUT2D eigenvalue weighted by Gasteiger charge is 2.27. The predicted molar refractivity (Wildman–Crippen MR) is 88.8 cm³/mol. The molecule has 1 aliphatic heterocycles. The van der Waals surface area contributed by atoms with Crippen LogP contribution in [-0.4, -0.2) is 32.7 Å². The zero-order chi connectivity index (χ0) is 14.7. The van der Waals surface area contributed by atoms with E-state index in [1.165, 1.54) is 48.8 Å². The Morgan fingerprint density at radius 3 is 2.52 bits per heavy atom. The first kappa shape index (κ1) is 14.6. The van der Waals surface area contributed by atoms with Gasteiger partial charge in [-0.1, -0.05) is 42.5 Å². The lowest BCUT2D eigenvalue weighted by molar-refractivity contribution is -0.954. The molecular weight excluding hydrogens is 256 g/mol. The Labute approximate surface area is 128 Å². The maximum absolute atomic E-state index is 2.38. The van der Waals surface area contributed by atoms with Crippen LogP contribution in [0.1, 0.15) is 25.3 Å². The molecule has 0 saturated carbocycles. The molecule has 0 radical (unpaired) electrons. The first-order valence-corrected chi connectivity index (χ1v) is 8.40. The second kappa shape index (κ2) is 6.59. The summed E-state index contributed by atoms with van der Waals surface area (Å²) in [4.78, 5) is 3.46. The minimum Gasteiger partial charge on any atom is -0.335 e. The summed E-state index contributed by atoms with van der Waals surface area (Å²) in [5.41, 5.74) is 1.50. The van der Waals surface area contributed by atoms with Gasteiger partial charge in [-0.2, -0.15) is 0 Å². The number of hydrogen-bond acceptors (Lipinski definition) is 0. The normalized spacial score (nSPS) is 24.1. The Morgan fingerprint density at radius 1 is 1.05 bits per heavy atom. The Bertz CT molecular complexity index is 580. The lowest BCUT2D eigenvalue weighted by Gasteiger charge is -2.32.